The smallest absolute Gasteiger partial charge is 0.329 e. The van der Waals surface area contributed by atoms with Gasteiger partial charge in [0.2, 0.25) is 0 Å². The minimum absolute atomic E-state index is 0.106. The molecule has 0 unspecified atom stereocenters. The monoisotopic (exact) mass is 762 g/mol. The van der Waals surface area contributed by atoms with Crippen LogP contribution in [0.25, 0.3) is 44.5 Å². The molecule has 5 heteroatoms. The summed E-state index contributed by atoms with van der Waals surface area (Å²) in [6, 6.07) is 80.3. The average Bonchev–Trinajstić information content (AvgIpc) is 3.31. The highest BCUT2D eigenvalue weighted by molar-refractivity contribution is 6.96. The zero-order valence-electron chi connectivity index (χ0n) is 32.3. The van der Waals surface area contributed by atoms with Gasteiger partial charge in [0.05, 0.1) is 0 Å². The molecule has 0 N–H and O–H groups in total. The molecule has 0 amide bonds. The third kappa shape index (κ3) is 4.71. The molecule has 59 heavy (non-hydrogen) atoms. The standard InChI is InChI=1S/C54H36B2N2Si/c1-2-16-36(17-3-1)59(37-30-32-53-45(34-37)41-20-6-12-26-49(41)55-47-24-10-4-18-39(47)43-22-8-14-28-51(43)57(53)55)38-31-33-54-46(35-38)42-21-7-13-27-50(42)56-48-25-11-5-19-40(48)44-23-9-15-29-52(44)58(54)56/h1-35,59H. The van der Waals surface area contributed by atoms with Gasteiger partial charge in [0.1, 0.15) is 8.80 Å². The average molecular weight is 763 g/mol. The summed E-state index contributed by atoms with van der Waals surface area (Å²) in [5.74, 6) is 0. The molecule has 272 valence electrons. The molecule has 0 atom stereocenters. The Balaban J connectivity index is 1.01. The maximum Gasteiger partial charge on any atom is 0.329 e. The first kappa shape index (κ1) is 33.0. The molecule has 4 aliphatic rings. The van der Waals surface area contributed by atoms with Crippen molar-refractivity contribution in [3.63, 3.8) is 0 Å². The van der Waals surface area contributed by atoms with E-state index in [0.717, 1.165) is 0 Å². The highest BCUT2D eigenvalue weighted by Crippen LogP contribution is 2.47. The largest absolute Gasteiger partial charge is 0.376 e. The minimum atomic E-state index is -1.99. The normalized spacial score (nSPS) is 13.4. The first-order valence-corrected chi connectivity index (χ1v) is 22.5. The predicted octanol–water partition coefficient (Wildman–Crippen LogP) is 7.74. The van der Waals surface area contributed by atoms with Crippen LogP contribution in [0.15, 0.2) is 212 Å². The highest BCUT2D eigenvalue weighted by Gasteiger charge is 2.44. The Morgan fingerprint density at radius 1 is 0.254 bits per heavy atom. The van der Waals surface area contributed by atoms with E-state index < -0.39 is 8.80 Å². The van der Waals surface area contributed by atoms with E-state index in [-0.39, 0.29) is 13.7 Å². The molecule has 0 saturated carbocycles. The predicted molar refractivity (Wildman–Crippen MR) is 254 cm³/mol. The molecule has 4 heterocycles. The molecule has 0 aliphatic carbocycles. The van der Waals surface area contributed by atoms with E-state index >= 15 is 0 Å². The topological polar surface area (TPSA) is 6.48 Å². The summed E-state index contributed by atoms with van der Waals surface area (Å²) in [6.07, 6.45) is 0. The lowest BCUT2D eigenvalue weighted by Crippen LogP contribution is -2.60. The van der Waals surface area contributed by atoms with Crippen molar-refractivity contribution < 1.29 is 0 Å². The van der Waals surface area contributed by atoms with Crippen LogP contribution in [0.1, 0.15) is 0 Å². The van der Waals surface area contributed by atoms with E-state index in [1.807, 2.05) is 0 Å². The van der Waals surface area contributed by atoms with Gasteiger partial charge >= 0.3 is 13.7 Å². The molecule has 9 aromatic rings. The molecule has 0 aromatic heterocycles. The zero-order chi connectivity index (χ0) is 38.6. The maximum atomic E-state index is 2.61. The first-order chi connectivity index (χ1) is 29.3. The van der Waals surface area contributed by atoms with Crippen LogP contribution in [-0.4, -0.2) is 22.5 Å². The number of para-hydroxylation sites is 2. The van der Waals surface area contributed by atoms with Gasteiger partial charge in [-0.25, -0.2) is 0 Å². The van der Waals surface area contributed by atoms with Crippen LogP contribution < -0.4 is 47.0 Å². The van der Waals surface area contributed by atoms with Gasteiger partial charge in [0.25, 0.3) is 0 Å². The molecule has 0 fully saturated rings. The van der Waals surface area contributed by atoms with Crippen LogP contribution >= 0.6 is 0 Å². The van der Waals surface area contributed by atoms with Crippen LogP contribution in [0.5, 0.6) is 0 Å². The lowest BCUT2D eigenvalue weighted by atomic mass is 9.43. The molecule has 0 spiro atoms. The Morgan fingerprint density at radius 2 is 0.576 bits per heavy atom. The lowest BCUT2D eigenvalue weighted by Gasteiger charge is -2.44. The van der Waals surface area contributed by atoms with Gasteiger partial charge in [-0.05, 0) is 68.4 Å². The summed E-state index contributed by atoms with van der Waals surface area (Å²) in [4.78, 5) is 5.22. The fourth-order valence-corrected chi connectivity index (χ4v) is 14.0. The van der Waals surface area contributed by atoms with Crippen molar-refractivity contribution in [1.82, 2.24) is 0 Å². The first-order valence-electron chi connectivity index (χ1n) is 20.8. The number of rotatable bonds is 3. The van der Waals surface area contributed by atoms with Gasteiger partial charge in [0.15, 0.2) is 0 Å². The van der Waals surface area contributed by atoms with Crippen molar-refractivity contribution in [2.75, 3.05) is 9.62 Å². The number of nitrogens with zero attached hydrogens (tertiary/aromatic N) is 2. The number of fused-ring (bicyclic) bond motifs is 22. The second-order valence-electron chi connectivity index (χ2n) is 16.3. The summed E-state index contributed by atoms with van der Waals surface area (Å²) < 4.78 is 0. The van der Waals surface area contributed by atoms with Gasteiger partial charge in [-0.15, -0.1) is 0 Å². The fraction of sp³-hybridized carbons (Fsp3) is 0. The van der Waals surface area contributed by atoms with Gasteiger partial charge in [-0.3, -0.25) is 0 Å². The molecular formula is C54H36B2N2Si. The molecule has 0 bridgehead atoms. The van der Waals surface area contributed by atoms with E-state index in [9.17, 15) is 0 Å². The third-order valence-electron chi connectivity index (χ3n) is 13.4. The summed E-state index contributed by atoms with van der Waals surface area (Å²) >= 11 is 0. The zero-order valence-corrected chi connectivity index (χ0v) is 33.5. The van der Waals surface area contributed by atoms with Gasteiger partial charge in [-0.2, -0.15) is 0 Å². The molecular weight excluding hydrogens is 726 g/mol. The second kappa shape index (κ2) is 12.7. The van der Waals surface area contributed by atoms with Crippen molar-refractivity contribution in [3.8, 4) is 44.5 Å². The fourth-order valence-electron chi connectivity index (χ4n) is 11.0. The van der Waals surface area contributed by atoms with Gasteiger partial charge < -0.3 is 9.62 Å². The molecule has 9 aromatic carbocycles. The lowest BCUT2D eigenvalue weighted by molar-refractivity contribution is 1.35. The second-order valence-corrected chi connectivity index (χ2v) is 19.2. The number of benzene rings is 9. The Morgan fingerprint density at radius 3 is 1.00 bits per heavy atom. The quantitative estimate of drug-likeness (QED) is 0.134. The summed E-state index contributed by atoms with van der Waals surface area (Å²) in [6.45, 7) is 0.212. The van der Waals surface area contributed by atoms with Crippen LogP contribution in [0.3, 0.4) is 0 Å². The van der Waals surface area contributed by atoms with Crippen molar-refractivity contribution >= 4 is 82.7 Å². The van der Waals surface area contributed by atoms with Crippen molar-refractivity contribution in [2.24, 2.45) is 0 Å². The molecule has 0 saturated heterocycles. The Hall–Kier alpha value is -7.07. The van der Waals surface area contributed by atoms with E-state index in [1.54, 1.807) is 0 Å². The van der Waals surface area contributed by atoms with E-state index in [2.05, 4.69) is 222 Å². The van der Waals surface area contributed by atoms with Gasteiger partial charge in [-0.1, -0.05) is 204 Å². The van der Waals surface area contributed by atoms with Crippen molar-refractivity contribution in [3.05, 3.63) is 212 Å². The number of hydrogen-bond donors (Lipinski definition) is 0. The minimum Gasteiger partial charge on any atom is -0.376 e. The van der Waals surface area contributed by atoms with E-state index in [0.29, 0.717) is 0 Å². The van der Waals surface area contributed by atoms with Crippen LogP contribution in [-0.2, 0) is 0 Å². The Kier molecular flexibility index (Phi) is 7.10. The molecule has 4 aliphatic heterocycles. The number of hydrogen-bond acceptors (Lipinski definition) is 2. The van der Waals surface area contributed by atoms with Crippen molar-refractivity contribution in [2.45, 2.75) is 0 Å². The van der Waals surface area contributed by atoms with Crippen LogP contribution in [0.2, 0.25) is 0 Å². The van der Waals surface area contributed by atoms with Crippen LogP contribution in [0, 0.1) is 0 Å². The van der Waals surface area contributed by atoms with Crippen molar-refractivity contribution in [1.29, 1.82) is 0 Å². The molecule has 2 nitrogen and oxygen atoms in total. The molecule has 0 radical (unpaired) electrons. The van der Waals surface area contributed by atoms with E-state index in [1.165, 1.54) is 105 Å². The summed E-state index contributed by atoms with van der Waals surface area (Å²) in [5, 5.41) is 4.27. The van der Waals surface area contributed by atoms with E-state index in [4.69, 9.17) is 0 Å². The Labute approximate surface area is 347 Å². The van der Waals surface area contributed by atoms with Crippen LogP contribution in [0.4, 0.5) is 22.7 Å². The van der Waals surface area contributed by atoms with Gasteiger partial charge in [0, 0.05) is 45.0 Å². The summed E-state index contributed by atoms with van der Waals surface area (Å²) in [7, 11) is -1.99. The number of anilines is 4. The summed E-state index contributed by atoms with van der Waals surface area (Å²) in [5.41, 5.74) is 21.1. The third-order valence-corrected chi connectivity index (χ3v) is 16.5. The molecule has 13 rings (SSSR count). The Bertz CT molecular complexity index is 2990. The highest BCUT2D eigenvalue weighted by atomic mass is 28.3. The SMILES string of the molecule is c1ccc([SiH](c2ccc3c(c2)-c2ccccc2B2c4ccccc4-c4ccccc4N23)c2ccc3c(c2)-c2ccccc2B2c4ccccc4-c4ccccc4N23)cc1. The maximum absolute atomic E-state index is 2.61.